The van der Waals surface area contributed by atoms with Gasteiger partial charge in [-0.2, -0.15) is 0 Å². The van der Waals surface area contributed by atoms with Crippen molar-refractivity contribution in [1.29, 1.82) is 0 Å². The number of carbonyl (C=O) groups excluding carboxylic acids is 2. The lowest BCUT2D eigenvalue weighted by molar-refractivity contribution is -0.148. The van der Waals surface area contributed by atoms with Crippen LogP contribution in [-0.2, 0) is 14.3 Å². The molecular weight excluding hydrogens is 363 g/mol. The molecule has 0 aliphatic rings. The van der Waals surface area contributed by atoms with Crippen LogP contribution in [-0.4, -0.2) is 18.0 Å². The molecule has 1 aromatic carbocycles. The Morgan fingerprint density at radius 3 is 2.30 bits per heavy atom. The molecule has 1 unspecified atom stereocenters. The minimum absolute atomic E-state index is 0.0419. The average molecular weight is 380 g/mol. The third-order valence-corrected chi connectivity index (χ3v) is 3.55. The maximum Gasteiger partial charge on any atom is 0.311 e. The van der Waals surface area contributed by atoms with Crippen molar-refractivity contribution in [3.05, 3.63) is 39.9 Å². The van der Waals surface area contributed by atoms with Gasteiger partial charge in [-0.1, -0.05) is 40.9 Å². The molecule has 0 aliphatic carbocycles. The lowest BCUT2D eigenvalue weighted by Crippen LogP contribution is -2.15. The molecule has 0 fully saturated rings. The Kier molecular flexibility index (Phi) is 8.45. The van der Waals surface area contributed by atoms with Gasteiger partial charge in [0.2, 0.25) is 0 Å². The first kappa shape index (κ1) is 19.8. The summed E-state index contributed by atoms with van der Waals surface area (Å²) in [4.78, 5) is 23.3. The van der Waals surface area contributed by atoms with Crippen LogP contribution in [0.3, 0.4) is 0 Å². The molecule has 0 N–H and O–H groups in total. The van der Waals surface area contributed by atoms with Crippen molar-refractivity contribution >= 4 is 46.7 Å². The number of hydrogen-bond acceptors (Lipinski definition) is 4. The van der Waals surface area contributed by atoms with E-state index in [4.69, 9.17) is 44.3 Å². The van der Waals surface area contributed by atoms with E-state index < -0.39 is 5.97 Å². The Hall–Kier alpha value is -1.23. The highest BCUT2D eigenvalue weighted by Gasteiger charge is 2.15. The molecule has 0 amide bonds. The van der Waals surface area contributed by atoms with Crippen molar-refractivity contribution in [3.8, 4) is 5.75 Å². The molecule has 0 radical (unpaired) electrons. The van der Waals surface area contributed by atoms with Gasteiger partial charge in [0.1, 0.15) is 6.10 Å². The van der Waals surface area contributed by atoms with Crippen LogP contribution in [0.25, 0.3) is 0 Å². The SMILES string of the molecule is C=CCC(C)OC(=O)CCCC(=O)Oc1c(Cl)cc(Cl)cc1Cl. The molecule has 1 rings (SSSR count). The lowest BCUT2D eigenvalue weighted by Gasteiger charge is -2.11. The number of esters is 2. The fourth-order valence-electron chi connectivity index (χ4n) is 1.73. The smallest absolute Gasteiger partial charge is 0.311 e. The molecule has 0 spiro atoms. The first-order valence-electron chi connectivity index (χ1n) is 6.99. The van der Waals surface area contributed by atoms with Gasteiger partial charge in [0.05, 0.1) is 10.0 Å². The predicted octanol–water partition coefficient (Wildman–Crippen LogP) is 5.23. The van der Waals surface area contributed by atoms with Crippen molar-refractivity contribution in [2.75, 3.05) is 0 Å². The standard InChI is InChI=1S/C16H17Cl3O4/c1-3-5-10(2)22-14(20)6-4-7-15(21)23-16-12(18)8-11(17)9-13(16)19/h3,8-10H,1,4-7H2,2H3. The van der Waals surface area contributed by atoms with Gasteiger partial charge in [-0.25, -0.2) is 0 Å². The summed E-state index contributed by atoms with van der Waals surface area (Å²) in [5, 5.41) is 0.637. The van der Waals surface area contributed by atoms with Gasteiger partial charge in [0, 0.05) is 24.3 Å². The monoisotopic (exact) mass is 378 g/mol. The summed E-state index contributed by atoms with van der Waals surface area (Å²) >= 11 is 17.6. The molecule has 0 aromatic heterocycles. The van der Waals surface area contributed by atoms with Gasteiger partial charge >= 0.3 is 11.9 Å². The predicted molar refractivity (Wildman–Crippen MR) is 91.3 cm³/mol. The van der Waals surface area contributed by atoms with E-state index in [1.54, 1.807) is 13.0 Å². The Morgan fingerprint density at radius 2 is 1.74 bits per heavy atom. The number of carbonyl (C=O) groups is 2. The minimum atomic E-state index is -0.539. The van der Waals surface area contributed by atoms with E-state index in [-0.39, 0.29) is 40.7 Å². The molecule has 7 heteroatoms. The molecule has 1 aromatic rings. The highest BCUT2D eigenvalue weighted by molar-refractivity contribution is 6.40. The van der Waals surface area contributed by atoms with E-state index in [1.807, 2.05) is 0 Å². The van der Waals surface area contributed by atoms with E-state index in [0.717, 1.165) is 0 Å². The number of rotatable bonds is 8. The van der Waals surface area contributed by atoms with E-state index in [1.165, 1.54) is 12.1 Å². The highest BCUT2D eigenvalue weighted by Crippen LogP contribution is 2.36. The number of benzene rings is 1. The summed E-state index contributed by atoms with van der Waals surface area (Å²) in [5.41, 5.74) is 0. The minimum Gasteiger partial charge on any atom is -0.462 e. The molecule has 0 saturated carbocycles. The summed E-state index contributed by atoms with van der Waals surface area (Å²) < 4.78 is 10.2. The summed E-state index contributed by atoms with van der Waals surface area (Å²) in [6.07, 6.45) is 2.51. The van der Waals surface area contributed by atoms with Gasteiger partial charge < -0.3 is 9.47 Å². The number of halogens is 3. The average Bonchev–Trinajstić information content (AvgIpc) is 2.42. The van der Waals surface area contributed by atoms with E-state index in [0.29, 0.717) is 17.9 Å². The zero-order valence-corrected chi connectivity index (χ0v) is 14.9. The van der Waals surface area contributed by atoms with Crippen LogP contribution in [0.5, 0.6) is 5.75 Å². The zero-order chi connectivity index (χ0) is 17.4. The number of hydrogen-bond donors (Lipinski definition) is 0. The van der Waals surface area contributed by atoms with Crippen LogP contribution >= 0.6 is 34.8 Å². The third-order valence-electron chi connectivity index (χ3n) is 2.77. The largest absolute Gasteiger partial charge is 0.462 e. The summed E-state index contributed by atoms with van der Waals surface area (Å²) in [6, 6.07) is 2.85. The van der Waals surface area contributed by atoms with Gasteiger partial charge in [-0.3, -0.25) is 9.59 Å². The third kappa shape index (κ3) is 7.25. The Bertz CT molecular complexity index is 564. The molecular formula is C16H17Cl3O4. The van der Waals surface area contributed by atoms with Crippen molar-refractivity contribution in [2.24, 2.45) is 0 Å². The fraction of sp³-hybridized carbons (Fsp3) is 0.375. The molecule has 4 nitrogen and oxygen atoms in total. The Morgan fingerprint density at radius 1 is 1.17 bits per heavy atom. The fourth-order valence-corrected chi connectivity index (χ4v) is 2.63. The molecule has 0 bridgehead atoms. The quantitative estimate of drug-likeness (QED) is 0.352. The van der Waals surface area contributed by atoms with E-state index in [9.17, 15) is 9.59 Å². The van der Waals surface area contributed by atoms with Crippen LogP contribution < -0.4 is 4.74 Å². The maximum absolute atomic E-state index is 11.8. The first-order chi connectivity index (χ1) is 10.8. The Balaban J connectivity index is 2.41. The molecule has 1 atom stereocenters. The van der Waals surface area contributed by atoms with Crippen molar-refractivity contribution in [1.82, 2.24) is 0 Å². The molecule has 0 heterocycles. The summed E-state index contributed by atoms with van der Waals surface area (Å²) in [6.45, 7) is 5.35. The van der Waals surface area contributed by atoms with Crippen LogP contribution in [0.15, 0.2) is 24.8 Å². The van der Waals surface area contributed by atoms with Gasteiger partial charge in [-0.15, -0.1) is 6.58 Å². The highest BCUT2D eigenvalue weighted by atomic mass is 35.5. The van der Waals surface area contributed by atoms with Gasteiger partial charge in [0.15, 0.2) is 5.75 Å². The summed E-state index contributed by atoms with van der Waals surface area (Å²) in [5.74, 6) is -0.845. The second-order valence-corrected chi connectivity index (χ2v) is 6.10. The lowest BCUT2D eigenvalue weighted by atomic mass is 10.2. The molecule has 23 heavy (non-hydrogen) atoms. The second kappa shape index (κ2) is 9.81. The van der Waals surface area contributed by atoms with Crippen LogP contribution in [0, 0.1) is 0 Å². The molecule has 126 valence electrons. The first-order valence-corrected chi connectivity index (χ1v) is 8.12. The van der Waals surface area contributed by atoms with Crippen molar-refractivity contribution in [2.45, 2.75) is 38.7 Å². The topological polar surface area (TPSA) is 52.6 Å². The molecule has 0 saturated heterocycles. The van der Waals surface area contributed by atoms with E-state index in [2.05, 4.69) is 6.58 Å². The van der Waals surface area contributed by atoms with Crippen LogP contribution in [0.2, 0.25) is 15.1 Å². The molecule has 0 aliphatic heterocycles. The second-order valence-electron chi connectivity index (χ2n) is 4.85. The normalized spacial score (nSPS) is 11.7. The van der Waals surface area contributed by atoms with E-state index >= 15 is 0 Å². The maximum atomic E-state index is 11.8. The van der Waals surface area contributed by atoms with Gasteiger partial charge in [0.25, 0.3) is 0 Å². The van der Waals surface area contributed by atoms with Crippen LogP contribution in [0.4, 0.5) is 0 Å². The van der Waals surface area contributed by atoms with Crippen LogP contribution in [0.1, 0.15) is 32.6 Å². The number of ether oxygens (including phenoxy) is 2. The Labute approximate surface area is 150 Å². The zero-order valence-electron chi connectivity index (χ0n) is 12.6. The van der Waals surface area contributed by atoms with Crippen molar-refractivity contribution < 1.29 is 19.1 Å². The summed E-state index contributed by atoms with van der Waals surface area (Å²) in [7, 11) is 0. The van der Waals surface area contributed by atoms with Crippen molar-refractivity contribution in [3.63, 3.8) is 0 Å². The van der Waals surface area contributed by atoms with Gasteiger partial charge in [-0.05, 0) is 25.5 Å².